The van der Waals surface area contributed by atoms with Crippen molar-refractivity contribution in [1.82, 2.24) is 5.32 Å². The first kappa shape index (κ1) is 21.7. The minimum Gasteiger partial charge on any atom is -0.376 e. The van der Waals surface area contributed by atoms with Crippen molar-refractivity contribution in [1.29, 1.82) is 0 Å². The number of carbonyl (C=O) groups is 3. The van der Waals surface area contributed by atoms with Crippen LogP contribution in [-0.4, -0.2) is 37.0 Å². The average Bonchev–Trinajstić information content (AvgIpc) is 3.48. The lowest BCUT2D eigenvalue weighted by atomic mass is 10.1. The maximum atomic E-state index is 13.1. The van der Waals surface area contributed by atoms with Crippen molar-refractivity contribution < 1.29 is 19.1 Å². The van der Waals surface area contributed by atoms with E-state index in [1.807, 2.05) is 30.3 Å². The molecule has 0 spiro atoms. The van der Waals surface area contributed by atoms with E-state index in [-0.39, 0.29) is 23.1 Å². The summed E-state index contributed by atoms with van der Waals surface area (Å²) in [5.41, 5.74) is 2.55. The van der Waals surface area contributed by atoms with E-state index in [0.29, 0.717) is 30.1 Å². The predicted molar refractivity (Wildman–Crippen MR) is 126 cm³/mol. The number of benzene rings is 3. The lowest BCUT2D eigenvalue weighted by Crippen LogP contribution is -2.31. The van der Waals surface area contributed by atoms with Gasteiger partial charge in [-0.25, -0.2) is 4.90 Å². The lowest BCUT2D eigenvalue weighted by molar-refractivity contribution is 0.0857. The number of azo groups is 1. The zero-order chi connectivity index (χ0) is 23.5. The van der Waals surface area contributed by atoms with E-state index in [2.05, 4.69) is 15.5 Å². The fraction of sp³-hybridized carbons (Fsp3) is 0.192. The minimum absolute atomic E-state index is 0.0206. The quantitative estimate of drug-likeness (QED) is 0.427. The summed E-state index contributed by atoms with van der Waals surface area (Å²) in [5.74, 6) is -1.19. The molecular formula is C26H22N4O4. The monoisotopic (exact) mass is 454 g/mol. The number of hydrogen-bond donors (Lipinski definition) is 1. The van der Waals surface area contributed by atoms with Gasteiger partial charge in [0, 0.05) is 18.7 Å². The van der Waals surface area contributed by atoms with E-state index in [0.717, 1.165) is 23.4 Å². The van der Waals surface area contributed by atoms with E-state index in [9.17, 15) is 14.4 Å². The first-order valence-electron chi connectivity index (χ1n) is 11.1. The smallest absolute Gasteiger partial charge is 0.266 e. The van der Waals surface area contributed by atoms with Gasteiger partial charge in [0.15, 0.2) is 0 Å². The summed E-state index contributed by atoms with van der Waals surface area (Å²) in [6.45, 7) is 1.13. The Labute approximate surface area is 196 Å². The molecule has 2 aliphatic heterocycles. The molecule has 3 aromatic carbocycles. The van der Waals surface area contributed by atoms with E-state index < -0.39 is 11.8 Å². The first-order chi connectivity index (χ1) is 16.6. The van der Waals surface area contributed by atoms with Gasteiger partial charge < -0.3 is 10.1 Å². The molecule has 0 aliphatic carbocycles. The van der Waals surface area contributed by atoms with Gasteiger partial charge in [0.1, 0.15) is 0 Å². The van der Waals surface area contributed by atoms with Crippen molar-refractivity contribution in [3.63, 3.8) is 0 Å². The minimum atomic E-state index is -0.465. The van der Waals surface area contributed by atoms with Crippen LogP contribution in [0.5, 0.6) is 0 Å². The second-order valence-corrected chi connectivity index (χ2v) is 8.10. The van der Waals surface area contributed by atoms with Gasteiger partial charge in [0.05, 0.1) is 34.3 Å². The Bertz CT molecular complexity index is 1270. The molecule has 1 atom stereocenters. The highest BCUT2D eigenvalue weighted by Gasteiger charge is 2.37. The van der Waals surface area contributed by atoms with Crippen LogP contribution in [0, 0.1) is 0 Å². The molecule has 1 unspecified atom stereocenters. The highest BCUT2D eigenvalue weighted by atomic mass is 16.5. The highest BCUT2D eigenvalue weighted by molar-refractivity contribution is 6.34. The van der Waals surface area contributed by atoms with Crippen molar-refractivity contribution in [3.05, 3.63) is 89.5 Å². The average molecular weight is 454 g/mol. The summed E-state index contributed by atoms with van der Waals surface area (Å²) in [5, 5.41) is 11.2. The summed E-state index contributed by atoms with van der Waals surface area (Å²) in [6.07, 6.45) is 1.92. The number of amides is 3. The van der Waals surface area contributed by atoms with Crippen molar-refractivity contribution in [2.24, 2.45) is 10.2 Å². The Kier molecular flexibility index (Phi) is 5.97. The Morgan fingerprint density at radius 1 is 0.912 bits per heavy atom. The van der Waals surface area contributed by atoms with Crippen LogP contribution in [0.2, 0.25) is 0 Å². The standard InChI is InChI=1S/C26H22N4O4/c31-24(27-16-21-7-4-14-34-21)17-8-13-22-23(15-17)26(33)30(25(22)32)20-11-9-19(10-12-20)29-28-18-5-2-1-3-6-18/h1-3,5-6,8-13,15,21H,4,7,14,16H2,(H,27,31). The van der Waals surface area contributed by atoms with E-state index in [4.69, 9.17) is 4.74 Å². The van der Waals surface area contributed by atoms with Gasteiger partial charge in [-0.15, -0.1) is 0 Å². The third-order valence-corrected chi connectivity index (χ3v) is 5.81. The zero-order valence-corrected chi connectivity index (χ0v) is 18.3. The van der Waals surface area contributed by atoms with Crippen LogP contribution in [0.3, 0.4) is 0 Å². The fourth-order valence-corrected chi connectivity index (χ4v) is 4.01. The SMILES string of the molecule is O=C(NCC1CCCO1)c1ccc2c(c1)C(=O)N(c1ccc(N=Nc3ccccc3)cc1)C2=O. The predicted octanol–water partition coefficient (Wildman–Crippen LogP) is 4.81. The molecule has 0 radical (unpaired) electrons. The maximum Gasteiger partial charge on any atom is 0.266 e. The van der Waals surface area contributed by atoms with Crippen LogP contribution in [0.1, 0.15) is 43.9 Å². The Morgan fingerprint density at radius 2 is 1.62 bits per heavy atom. The summed E-state index contributed by atoms with van der Waals surface area (Å²) in [6, 6.07) is 20.6. The van der Waals surface area contributed by atoms with E-state index >= 15 is 0 Å². The number of nitrogens with one attached hydrogen (secondary N) is 1. The Morgan fingerprint density at radius 3 is 2.32 bits per heavy atom. The number of fused-ring (bicyclic) bond motifs is 1. The maximum absolute atomic E-state index is 13.1. The molecule has 3 amide bonds. The summed E-state index contributed by atoms with van der Waals surface area (Å²) < 4.78 is 5.52. The topological polar surface area (TPSA) is 100 Å². The zero-order valence-electron chi connectivity index (χ0n) is 18.3. The molecule has 8 heteroatoms. The van der Waals surface area contributed by atoms with E-state index in [1.54, 1.807) is 30.3 Å². The molecule has 5 rings (SSSR count). The number of anilines is 1. The molecule has 2 aliphatic rings. The number of ether oxygens (including phenoxy) is 1. The number of rotatable bonds is 6. The first-order valence-corrected chi connectivity index (χ1v) is 11.1. The second-order valence-electron chi connectivity index (χ2n) is 8.10. The van der Waals surface area contributed by atoms with Crippen LogP contribution >= 0.6 is 0 Å². The van der Waals surface area contributed by atoms with Gasteiger partial charge in [-0.1, -0.05) is 18.2 Å². The highest BCUT2D eigenvalue weighted by Crippen LogP contribution is 2.30. The Hall–Kier alpha value is -4.17. The van der Waals surface area contributed by atoms with Crippen LogP contribution in [0.25, 0.3) is 0 Å². The largest absolute Gasteiger partial charge is 0.376 e. The molecule has 0 bridgehead atoms. The van der Waals surface area contributed by atoms with Crippen molar-refractivity contribution in [2.45, 2.75) is 18.9 Å². The molecule has 0 saturated carbocycles. The number of nitrogens with zero attached hydrogens (tertiary/aromatic N) is 3. The molecule has 1 N–H and O–H groups in total. The van der Waals surface area contributed by atoms with Crippen molar-refractivity contribution in [2.75, 3.05) is 18.1 Å². The fourth-order valence-electron chi connectivity index (χ4n) is 4.01. The van der Waals surface area contributed by atoms with Gasteiger partial charge >= 0.3 is 0 Å². The van der Waals surface area contributed by atoms with Gasteiger partial charge in [-0.05, 0) is 67.4 Å². The molecule has 1 saturated heterocycles. The molecular weight excluding hydrogens is 432 g/mol. The molecule has 170 valence electrons. The molecule has 1 fully saturated rings. The van der Waals surface area contributed by atoms with Crippen molar-refractivity contribution in [3.8, 4) is 0 Å². The summed E-state index contributed by atoms with van der Waals surface area (Å²) in [7, 11) is 0. The Balaban J connectivity index is 1.30. The van der Waals surface area contributed by atoms with Crippen molar-refractivity contribution >= 4 is 34.8 Å². The second kappa shape index (κ2) is 9.36. The van der Waals surface area contributed by atoms with Gasteiger partial charge in [0.25, 0.3) is 17.7 Å². The van der Waals surface area contributed by atoms with Crippen LogP contribution in [0.15, 0.2) is 83.0 Å². The molecule has 0 aromatic heterocycles. The molecule has 2 heterocycles. The normalized spacial score (nSPS) is 17.4. The molecule has 3 aromatic rings. The summed E-state index contributed by atoms with van der Waals surface area (Å²) >= 11 is 0. The van der Waals surface area contributed by atoms with Crippen LogP contribution in [-0.2, 0) is 4.74 Å². The van der Waals surface area contributed by atoms with Gasteiger partial charge in [-0.3, -0.25) is 14.4 Å². The van der Waals surface area contributed by atoms with E-state index in [1.165, 1.54) is 12.1 Å². The number of imide groups is 1. The third kappa shape index (κ3) is 4.35. The summed E-state index contributed by atoms with van der Waals surface area (Å²) in [4.78, 5) is 39.6. The van der Waals surface area contributed by atoms with Gasteiger partial charge in [-0.2, -0.15) is 10.2 Å². The molecule has 34 heavy (non-hydrogen) atoms. The lowest BCUT2D eigenvalue weighted by Gasteiger charge is -2.13. The van der Waals surface area contributed by atoms with Gasteiger partial charge in [0.2, 0.25) is 0 Å². The number of carbonyl (C=O) groups excluding carboxylic acids is 3. The molecule has 8 nitrogen and oxygen atoms in total. The van der Waals surface area contributed by atoms with Crippen LogP contribution in [0.4, 0.5) is 17.1 Å². The van der Waals surface area contributed by atoms with Crippen LogP contribution < -0.4 is 10.2 Å². The third-order valence-electron chi connectivity index (χ3n) is 5.81. The number of hydrogen-bond acceptors (Lipinski definition) is 6.